The van der Waals surface area contributed by atoms with Crippen molar-refractivity contribution >= 4 is 41.3 Å². The zero-order valence-electron chi connectivity index (χ0n) is 35.3. The minimum absolute atomic E-state index is 0.0146. The number of cyclic esters (lactones) is 2. The Hall–Kier alpha value is -5.28. The van der Waals surface area contributed by atoms with E-state index in [1.165, 1.54) is 20.3 Å². The number of carbonyl (C=O) groups is 5. The lowest BCUT2D eigenvalue weighted by molar-refractivity contribution is -0.179. The summed E-state index contributed by atoms with van der Waals surface area (Å²) >= 11 is 6.36. The van der Waals surface area contributed by atoms with Crippen LogP contribution >= 0.6 is 11.6 Å². The van der Waals surface area contributed by atoms with Crippen LogP contribution in [0.1, 0.15) is 88.8 Å². The van der Waals surface area contributed by atoms with Gasteiger partial charge in [-0.05, 0) is 73.9 Å². The maximum atomic E-state index is 13.8. The molecule has 0 aliphatic carbocycles. The van der Waals surface area contributed by atoms with Gasteiger partial charge in [0, 0.05) is 37.9 Å². The molecule has 15 nitrogen and oxygen atoms in total. The molecule has 0 radical (unpaired) electrons. The largest absolute Gasteiger partial charge is 0.495 e. The molecule has 60 heavy (non-hydrogen) atoms. The first-order valence-electron chi connectivity index (χ1n) is 20.3. The molecule has 1 saturated heterocycles. The topological polar surface area (TPSA) is 190 Å². The van der Waals surface area contributed by atoms with E-state index in [4.69, 9.17) is 35.3 Å². The monoisotopic (exact) mass is 849 g/mol. The lowest BCUT2D eigenvalue weighted by Gasteiger charge is -2.29. The molecule has 2 aromatic carbocycles. The number of rotatable bonds is 14. The first-order valence-corrected chi connectivity index (χ1v) is 20.6. The smallest absolute Gasteiger partial charge is 0.347 e. The molecule has 0 spiro atoms. The number of amides is 2. The van der Waals surface area contributed by atoms with Crippen molar-refractivity contribution in [1.29, 1.82) is 0 Å². The molecule has 1 fully saturated rings. The summed E-state index contributed by atoms with van der Waals surface area (Å²) in [5, 5.41) is 14.3. The first-order chi connectivity index (χ1) is 28.6. The molecule has 1 aromatic heterocycles. The van der Waals surface area contributed by atoms with Crippen molar-refractivity contribution in [2.24, 2.45) is 17.3 Å². The molecule has 0 saturated carbocycles. The average molecular weight is 850 g/mol. The van der Waals surface area contributed by atoms with E-state index in [0.29, 0.717) is 42.1 Å². The molecule has 5 rings (SSSR count). The van der Waals surface area contributed by atoms with Crippen molar-refractivity contribution in [2.75, 3.05) is 20.8 Å². The van der Waals surface area contributed by atoms with Crippen molar-refractivity contribution < 1.29 is 47.7 Å². The Balaban J connectivity index is 1.30. The number of hydrogen-bond donors (Lipinski definition) is 2. The fraction of sp³-hybridized carbons (Fsp3) is 0.523. The summed E-state index contributed by atoms with van der Waals surface area (Å²) in [4.78, 5) is 65.7. The Morgan fingerprint density at radius 1 is 1.03 bits per heavy atom. The fourth-order valence-corrected chi connectivity index (χ4v) is 7.15. The number of halogens is 1. The number of carbonyl (C=O) groups excluding carboxylic acids is 5. The quantitative estimate of drug-likeness (QED) is 0.122. The molecular weight excluding hydrogens is 794 g/mol. The Labute approximate surface area is 355 Å². The lowest BCUT2D eigenvalue weighted by atomic mass is 9.92. The van der Waals surface area contributed by atoms with Crippen LogP contribution in [0.2, 0.25) is 5.02 Å². The van der Waals surface area contributed by atoms with E-state index in [1.54, 1.807) is 42.8 Å². The Morgan fingerprint density at radius 2 is 1.77 bits per heavy atom. The molecule has 3 heterocycles. The van der Waals surface area contributed by atoms with Gasteiger partial charge in [-0.3, -0.25) is 19.2 Å². The van der Waals surface area contributed by atoms with Crippen molar-refractivity contribution in [1.82, 2.24) is 25.6 Å². The predicted octanol–water partition coefficient (Wildman–Crippen LogP) is 5.26. The van der Waals surface area contributed by atoms with Crippen molar-refractivity contribution in [2.45, 2.75) is 110 Å². The second-order valence-electron chi connectivity index (χ2n) is 16.4. The molecular formula is C44H56ClN5O10. The fourth-order valence-electron chi connectivity index (χ4n) is 6.87. The van der Waals surface area contributed by atoms with Gasteiger partial charge >= 0.3 is 17.9 Å². The summed E-state index contributed by atoms with van der Waals surface area (Å²) in [6.45, 7) is 9.35. The Morgan fingerprint density at radius 3 is 2.45 bits per heavy atom. The van der Waals surface area contributed by atoms with Crippen LogP contribution in [0.25, 0.3) is 0 Å². The zero-order valence-corrected chi connectivity index (χ0v) is 36.0. The molecule has 2 N–H and O–H groups in total. The molecule has 324 valence electrons. The number of hydrogen-bond acceptors (Lipinski definition) is 12. The zero-order chi connectivity index (χ0) is 43.6. The highest BCUT2D eigenvalue weighted by atomic mass is 35.5. The molecule has 6 atom stereocenters. The number of methoxy groups -OCH3 is 2. The summed E-state index contributed by atoms with van der Waals surface area (Å²) in [6.07, 6.45) is 4.31. The number of aromatic nitrogens is 3. The number of nitrogens with one attached hydrogen (secondary N) is 2. The maximum Gasteiger partial charge on any atom is 0.347 e. The van der Waals surface area contributed by atoms with Crippen molar-refractivity contribution in [3.05, 3.63) is 88.2 Å². The van der Waals surface area contributed by atoms with Crippen LogP contribution in [0.5, 0.6) is 5.75 Å². The van der Waals surface area contributed by atoms with Gasteiger partial charge in [0.15, 0.2) is 6.10 Å². The third kappa shape index (κ3) is 12.9. The van der Waals surface area contributed by atoms with E-state index < -0.39 is 47.4 Å². The molecule has 2 aliphatic heterocycles. The number of epoxide rings is 1. The molecule has 0 bridgehead atoms. The van der Waals surface area contributed by atoms with Gasteiger partial charge < -0.3 is 34.3 Å². The van der Waals surface area contributed by atoms with E-state index in [-0.39, 0.29) is 55.8 Å². The third-order valence-corrected chi connectivity index (χ3v) is 10.9. The molecule has 3 aromatic rings. The van der Waals surface area contributed by atoms with Crippen LogP contribution < -0.4 is 15.4 Å². The van der Waals surface area contributed by atoms with E-state index >= 15 is 0 Å². The SMILES string of the molecule is COC(=O)CCCc1cn(Cc2ccc([C@H]3O[C@@H]3[C@@H](C)[C@@H]3C/C=C/C(=O)N[C@H](Cc4ccc(OC)c(Cl)c4)C(=O)NCC(C)(C)C(=O)O[C@@H](CC(C)C)C(=O)O3)cc2)nn1. The highest BCUT2D eigenvalue weighted by Gasteiger charge is 2.48. The van der Waals surface area contributed by atoms with Gasteiger partial charge in [0.2, 0.25) is 11.8 Å². The second kappa shape index (κ2) is 20.8. The number of aryl methyl sites for hydroxylation is 1. The van der Waals surface area contributed by atoms with E-state index in [1.807, 2.05) is 51.2 Å². The van der Waals surface area contributed by atoms with Gasteiger partial charge in [-0.15, -0.1) is 5.10 Å². The van der Waals surface area contributed by atoms with Gasteiger partial charge in [0.25, 0.3) is 0 Å². The first kappa shape index (κ1) is 45.8. The van der Waals surface area contributed by atoms with Crippen LogP contribution in [-0.2, 0) is 62.3 Å². The van der Waals surface area contributed by atoms with Gasteiger partial charge in [-0.1, -0.05) is 74.0 Å². The number of benzene rings is 2. The average Bonchev–Trinajstić information content (AvgIpc) is 3.89. The second-order valence-corrected chi connectivity index (χ2v) is 16.8. The Kier molecular flexibility index (Phi) is 15.9. The maximum absolute atomic E-state index is 13.8. The van der Waals surface area contributed by atoms with E-state index in [2.05, 4.69) is 20.9 Å². The number of esters is 3. The van der Waals surface area contributed by atoms with Crippen molar-refractivity contribution in [3.63, 3.8) is 0 Å². The van der Waals surface area contributed by atoms with Gasteiger partial charge in [0.1, 0.15) is 24.0 Å². The Bertz CT molecular complexity index is 2020. The third-order valence-electron chi connectivity index (χ3n) is 10.6. The van der Waals surface area contributed by atoms with Gasteiger partial charge in [-0.2, -0.15) is 0 Å². The minimum atomic E-state index is -1.23. The molecule has 2 amide bonds. The standard InChI is InChI=1S/C44H56ClN5O10/c1-26(2)20-36-42(54)58-34(27(3)39-40(60-39)30-17-14-28(15-18-30)23-50-24-31(48-49-50)10-8-13-38(52)57-7)11-9-12-37(51)47-33(22-29-16-19-35(56-6)32(45)21-29)41(53)46-25-44(4,5)43(55)59-36/h9,12,14-19,21,24,26-27,33-34,36,39-40H,8,10-11,13,20,22-23,25H2,1-7H3,(H,46,53)(H,47,51)/b12-9+/t27-,33+,34-,36-,39+,40+/m0/s1. The lowest BCUT2D eigenvalue weighted by Crippen LogP contribution is -2.51. The minimum Gasteiger partial charge on any atom is -0.495 e. The van der Waals surface area contributed by atoms with Crippen LogP contribution in [0, 0.1) is 17.3 Å². The molecule has 16 heteroatoms. The van der Waals surface area contributed by atoms with E-state index in [9.17, 15) is 24.0 Å². The summed E-state index contributed by atoms with van der Waals surface area (Å²) in [7, 11) is 2.87. The van der Waals surface area contributed by atoms with Crippen LogP contribution in [-0.4, -0.2) is 89.8 Å². The van der Waals surface area contributed by atoms with E-state index in [0.717, 1.165) is 16.8 Å². The molecule has 2 aliphatic rings. The van der Waals surface area contributed by atoms with Crippen LogP contribution in [0.4, 0.5) is 0 Å². The van der Waals surface area contributed by atoms with Gasteiger partial charge in [0.05, 0.1) is 43.0 Å². The normalized spacial score (nSPS) is 23.4. The summed E-state index contributed by atoms with van der Waals surface area (Å²) in [6, 6.07) is 12.1. The summed E-state index contributed by atoms with van der Waals surface area (Å²) in [5.74, 6) is -2.55. The van der Waals surface area contributed by atoms with Crippen molar-refractivity contribution in [3.8, 4) is 5.75 Å². The van der Waals surface area contributed by atoms with Gasteiger partial charge in [-0.25, -0.2) is 9.48 Å². The van der Waals surface area contributed by atoms with Crippen LogP contribution in [0.15, 0.2) is 60.8 Å². The highest BCUT2D eigenvalue weighted by Crippen LogP contribution is 2.45. The summed E-state index contributed by atoms with van der Waals surface area (Å²) < 4.78 is 29.8. The number of nitrogens with zero attached hydrogens (tertiary/aromatic N) is 3. The number of ether oxygens (including phenoxy) is 5. The molecule has 0 unspecified atom stereocenters. The highest BCUT2D eigenvalue weighted by molar-refractivity contribution is 6.32. The summed E-state index contributed by atoms with van der Waals surface area (Å²) in [5.41, 5.74) is 2.19. The predicted molar refractivity (Wildman–Crippen MR) is 221 cm³/mol. The van der Waals surface area contributed by atoms with Crippen LogP contribution in [0.3, 0.4) is 0 Å².